The molecule has 1 N–H and O–H groups in total. The summed E-state index contributed by atoms with van der Waals surface area (Å²) < 4.78 is 12.2. The molecule has 0 radical (unpaired) electrons. The quantitative estimate of drug-likeness (QED) is 0.788. The van der Waals surface area contributed by atoms with Crippen molar-refractivity contribution < 1.29 is 14.6 Å². The van der Waals surface area contributed by atoms with E-state index in [4.69, 9.17) is 9.47 Å². The van der Waals surface area contributed by atoms with E-state index in [1.165, 1.54) is 0 Å². The summed E-state index contributed by atoms with van der Waals surface area (Å²) in [5.74, 6) is 2.29. The summed E-state index contributed by atoms with van der Waals surface area (Å²) in [4.78, 5) is 0. The highest BCUT2D eigenvalue weighted by Crippen LogP contribution is 2.32. The van der Waals surface area contributed by atoms with Gasteiger partial charge in [0, 0.05) is 0 Å². The lowest BCUT2D eigenvalue weighted by Crippen LogP contribution is -1.95. The maximum absolute atomic E-state index is 9.55. The highest BCUT2D eigenvalue weighted by atomic mass is 79.9. The zero-order chi connectivity index (χ0) is 15.2. The van der Waals surface area contributed by atoms with E-state index in [0.29, 0.717) is 12.4 Å². The number of hydrogen-bond donors (Lipinski definition) is 1. The molecule has 0 fully saturated rings. The van der Waals surface area contributed by atoms with Gasteiger partial charge in [-0.3, -0.25) is 0 Å². The Morgan fingerprint density at radius 2 is 1.76 bits per heavy atom. The van der Waals surface area contributed by atoms with Crippen molar-refractivity contribution in [1.29, 1.82) is 0 Å². The van der Waals surface area contributed by atoms with E-state index in [0.717, 1.165) is 28.0 Å². The van der Waals surface area contributed by atoms with Gasteiger partial charge in [0.2, 0.25) is 0 Å². The molecule has 2 aromatic rings. The largest absolute Gasteiger partial charge is 0.494 e. The fraction of sp³-hybridized carbons (Fsp3) is 0.294. The Balaban J connectivity index is 2.07. The van der Waals surface area contributed by atoms with Gasteiger partial charge in [0.25, 0.3) is 0 Å². The minimum Gasteiger partial charge on any atom is -0.494 e. The first-order chi connectivity index (χ1) is 10.1. The third-order valence-corrected chi connectivity index (χ3v) is 3.58. The monoisotopic (exact) mass is 350 g/mol. The van der Waals surface area contributed by atoms with Gasteiger partial charge in [-0.05, 0) is 71.2 Å². The Hall–Kier alpha value is -1.52. The molecule has 3 nitrogen and oxygen atoms in total. The van der Waals surface area contributed by atoms with Crippen molar-refractivity contribution >= 4 is 15.9 Å². The number of aliphatic hydroxyl groups is 1. The van der Waals surface area contributed by atoms with Crippen LogP contribution in [-0.2, 0) is 0 Å². The zero-order valence-corrected chi connectivity index (χ0v) is 13.8. The van der Waals surface area contributed by atoms with Crippen molar-refractivity contribution in [3.63, 3.8) is 0 Å². The van der Waals surface area contributed by atoms with Crippen LogP contribution in [0.25, 0.3) is 0 Å². The Kier molecular flexibility index (Phi) is 5.65. The van der Waals surface area contributed by atoms with Gasteiger partial charge in [0.05, 0.1) is 17.2 Å². The van der Waals surface area contributed by atoms with Crippen LogP contribution in [0.15, 0.2) is 46.9 Å². The molecule has 0 aromatic heterocycles. The Morgan fingerprint density at radius 1 is 1.10 bits per heavy atom. The summed E-state index contributed by atoms with van der Waals surface area (Å²) in [7, 11) is 0. The van der Waals surface area contributed by atoms with E-state index < -0.39 is 6.10 Å². The summed E-state index contributed by atoms with van der Waals surface area (Å²) in [5, 5.41) is 9.55. The molecule has 0 aliphatic carbocycles. The lowest BCUT2D eigenvalue weighted by atomic mass is 10.1. The predicted molar refractivity (Wildman–Crippen MR) is 87.1 cm³/mol. The summed E-state index contributed by atoms with van der Waals surface area (Å²) in [6.45, 7) is 4.52. The molecule has 0 saturated carbocycles. The fourth-order valence-electron chi connectivity index (χ4n) is 1.81. The van der Waals surface area contributed by atoms with Crippen molar-refractivity contribution in [3.05, 3.63) is 52.5 Å². The molecule has 1 atom stereocenters. The van der Waals surface area contributed by atoms with Gasteiger partial charge in [0.1, 0.15) is 17.2 Å². The third kappa shape index (κ3) is 4.48. The van der Waals surface area contributed by atoms with E-state index in [1.54, 1.807) is 6.92 Å². The molecule has 2 rings (SSSR count). The number of aliphatic hydroxyl groups excluding tert-OH is 1. The van der Waals surface area contributed by atoms with Gasteiger partial charge in [-0.2, -0.15) is 0 Å². The normalized spacial score (nSPS) is 12.0. The van der Waals surface area contributed by atoms with Crippen LogP contribution < -0.4 is 9.47 Å². The van der Waals surface area contributed by atoms with Crippen molar-refractivity contribution in [2.75, 3.05) is 6.61 Å². The molecule has 0 bridgehead atoms. The first-order valence-corrected chi connectivity index (χ1v) is 7.77. The lowest BCUT2D eigenvalue weighted by Gasteiger charge is -2.11. The Labute approximate surface area is 133 Å². The second-order valence-electron chi connectivity index (χ2n) is 4.79. The average Bonchev–Trinajstić information content (AvgIpc) is 2.48. The molecule has 0 aliphatic rings. The first kappa shape index (κ1) is 15.9. The van der Waals surface area contributed by atoms with Crippen molar-refractivity contribution in [3.8, 4) is 17.2 Å². The molecule has 112 valence electrons. The minimum atomic E-state index is -0.495. The molecular weight excluding hydrogens is 332 g/mol. The maximum atomic E-state index is 9.55. The maximum Gasteiger partial charge on any atom is 0.141 e. The Morgan fingerprint density at radius 3 is 2.33 bits per heavy atom. The zero-order valence-electron chi connectivity index (χ0n) is 12.2. The van der Waals surface area contributed by atoms with Gasteiger partial charge < -0.3 is 14.6 Å². The number of benzene rings is 2. The average molecular weight is 351 g/mol. The van der Waals surface area contributed by atoms with Crippen LogP contribution in [0, 0.1) is 0 Å². The topological polar surface area (TPSA) is 38.7 Å². The summed E-state index contributed by atoms with van der Waals surface area (Å²) in [6, 6.07) is 13.1. The summed E-state index contributed by atoms with van der Waals surface area (Å²) in [5.41, 5.74) is 0.845. The fourth-order valence-corrected chi connectivity index (χ4v) is 2.29. The molecule has 2 aromatic carbocycles. The Bertz CT molecular complexity index is 579. The second kappa shape index (κ2) is 7.48. The van der Waals surface area contributed by atoms with Crippen LogP contribution in [-0.4, -0.2) is 11.7 Å². The molecule has 0 saturated heterocycles. The van der Waals surface area contributed by atoms with Gasteiger partial charge in [-0.25, -0.2) is 0 Å². The van der Waals surface area contributed by atoms with Crippen LogP contribution in [0.4, 0.5) is 0 Å². The van der Waals surface area contributed by atoms with Crippen molar-refractivity contribution in [2.24, 2.45) is 0 Å². The van der Waals surface area contributed by atoms with Crippen LogP contribution in [0.3, 0.4) is 0 Å². The minimum absolute atomic E-state index is 0.495. The molecule has 0 unspecified atom stereocenters. The van der Waals surface area contributed by atoms with Crippen LogP contribution in [0.2, 0.25) is 0 Å². The van der Waals surface area contributed by atoms with E-state index >= 15 is 0 Å². The molecule has 0 spiro atoms. The second-order valence-corrected chi connectivity index (χ2v) is 5.64. The first-order valence-electron chi connectivity index (χ1n) is 6.98. The van der Waals surface area contributed by atoms with E-state index in [1.807, 2.05) is 42.5 Å². The van der Waals surface area contributed by atoms with Gasteiger partial charge in [-0.15, -0.1) is 0 Å². The SMILES string of the molecule is CCCOc1ccc(Oc2ccc([C@@H](C)O)cc2Br)cc1. The standard InChI is InChI=1S/C17H19BrO3/c1-3-10-20-14-5-7-15(8-6-14)21-17-9-4-13(12(2)19)11-16(17)18/h4-9,11-12,19H,3,10H2,1-2H3/t12-/m1/s1. The van der Waals surface area contributed by atoms with E-state index in [9.17, 15) is 5.11 Å². The molecule has 4 heteroatoms. The molecule has 21 heavy (non-hydrogen) atoms. The number of ether oxygens (including phenoxy) is 2. The highest BCUT2D eigenvalue weighted by molar-refractivity contribution is 9.10. The molecular formula is C17H19BrO3. The van der Waals surface area contributed by atoms with Crippen LogP contribution in [0.5, 0.6) is 17.2 Å². The number of rotatable bonds is 6. The number of hydrogen-bond acceptors (Lipinski definition) is 3. The van der Waals surface area contributed by atoms with Crippen molar-refractivity contribution in [1.82, 2.24) is 0 Å². The lowest BCUT2D eigenvalue weighted by molar-refractivity contribution is 0.199. The van der Waals surface area contributed by atoms with Gasteiger partial charge in [-0.1, -0.05) is 13.0 Å². The smallest absolute Gasteiger partial charge is 0.141 e. The van der Waals surface area contributed by atoms with Crippen molar-refractivity contribution in [2.45, 2.75) is 26.4 Å². The molecule has 0 aliphatic heterocycles. The van der Waals surface area contributed by atoms with Crippen LogP contribution in [0.1, 0.15) is 31.9 Å². The molecule has 0 amide bonds. The highest BCUT2D eigenvalue weighted by Gasteiger charge is 2.07. The summed E-state index contributed by atoms with van der Waals surface area (Å²) in [6.07, 6.45) is 0.492. The number of halogens is 1. The van der Waals surface area contributed by atoms with Crippen LogP contribution >= 0.6 is 15.9 Å². The van der Waals surface area contributed by atoms with E-state index in [-0.39, 0.29) is 0 Å². The molecule has 0 heterocycles. The summed E-state index contributed by atoms with van der Waals surface area (Å²) >= 11 is 3.46. The van der Waals surface area contributed by atoms with E-state index in [2.05, 4.69) is 22.9 Å². The van der Waals surface area contributed by atoms with Gasteiger partial charge >= 0.3 is 0 Å². The predicted octanol–water partition coefficient (Wildman–Crippen LogP) is 5.08. The third-order valence-electron chi connectivity index (χ3n) is 2.96. The van der Waals surface area contributed by atoms with Gasteiger partial charge in [0.15, 0.2) is 0 Å².